The average Bonchev–Trinajstić information content (AvgIpc) is 3.36. The Hall–Kier alpha value is -3.67. The van der Waals surface area contributed by atoms with E-state index >= 15 is 0 Å². The molecule has 0 aliphatic heterocycles. The van der Waals surface area contributed by atoms with Gasteiger partial charge in [0.25, 0.3) is 0 Å². The lowest BCUT2D eigenvalue weighted by molar-refractivity contribution is -0.166. The number of ether oxygens (including phenoxy) is 3. The molecule has 0 radical (unpaired) electrons. The van der Waals surface area contributed by atoms with E-state index in [1.165, 1.54) is 128 Å². The van der Waals surface area contributed by atoms with Crippen LogP contribution in [0.5, 0.6) is 0 Å². The summed E-state index contributed by atoms with van der Waals surface area (Å²) in [6, 6.07) is 0. The van der Waals surface area contributed by atoms with Crippen LogP contribution in [0.25, 0.3) is 0 Å². The number of allylic oxidation sites excluding steroid dienone is 16. The van der Waals surface area contributed by atoms with Crippen LogP contribution in [0.15, 0.2) is 97.2 Å². The third-order valence-electron chi connectivity index (χ3n) is 12.3. The molecule has 70 heavy (non-hydrogen) atoms. The second kappa shape index (κ2) is 57.9. The molecule has 0 saturated heterocycles. The molecule has 0 aromatic heterocycles. The summed E-state index contributed by atoms with van der Waals surface area (Å²) in [5.41, 5.74) is 0. The number of hydrogen-bond donors (Lipinski definition) is 0. The highest BCUT2D eigenvalue weighted by Gasteiger charge is 2.19. The first-order chi connectivity index (χ1) is 34.5. The molecule has 0 amide bonds. The number of rotatable bonds is 52. The van der Waals surface area contributed by atoms with Crippen LogP contribution in [-0.2, 0) is 28.6 Å². The van der Waals surface area contributed by atoms with E-state index in [1.54, 1.807) is 0 Å². The Morgan fingerprint density at radius 2 is 0.614 bits per heavy atom. The van der Waals surface area contributed by atoms with Crippen molar-refractivity contribution in [1.82, 2.24) is 0 Å². The number of carbonyl (C=O) groups excluding carboxylic acids is 3. The first-order valence-corrected chi connectivity index (χ1v) is 29.2. The highest BCUT2D eigenvalue weighted by molar-refractivity contribution is 5.71. The maximum Gasteiger partial charge on any atom is 0.306 e. The van der Waals surface area contributed by atoms with Gasteiger partial charge in [0.05, 0.1) is 0 Å². The van der Waals surface area contributed by atoms with E-state index in [1.807, 2.05) is 12.2 Å². The predicted octanol–water partition coefficient (Wildman–Crippen LogP) is 19.7. The van der Waals surface area contributed by atoms with Crippen LogP contribution in [-0.4, -0.2) is 37.2 Å². The van der Waals surface area contributed by atoms with Gasteiger partial charge in [0, 0.05) is 19.3 Å². The van der Waals surface area contributed by atoms with Crippen molar-refractivity contribution in [2.75, 3.05) is 13.2 Å². The zero-order chi connectivity index (χ0) is 50.7. The number of unbranched alkanes of at least 4 members (excludes halogenated alkanes) is 25. The quantitative estimate of drug-likeness (QED) is 0.0262. The van der Waals surface area contributed by atoms with Gasteiger partial charge in [0.2, 0.25) is 0 Å². The van der Waals surface area contributed by atoms with Gasteiger partial charge in [-0.2, -0.15) is 0 Å². The molecule has 0 fully saturated rings. The topological polar surface area (TPSA) is 78.9 Å². The molecule has 1 unspecified atom stereocenters. The Labute approximate surface area is 432 Å². The minimum Gasteiger partial charge on any atom is -0.462 e. The Morgan fingerprint density at radius 1 is 0.300 bits per heavy atom. The summed E-state index contributed by atoms with van der Waals surface area (Å²) in [5.74, 6) is -1.00. The zero-order valence-corrected chi connectivity index (χ0v) is 45.8. The first kappa shape index (κ1) is 66.3. The normalized spacial score (nSPS) is 12.8. The average molecular weight is 974 g/mol. The van der Waals surface area contributed by atoms with Crippen molar-refractivity contribution in [3.05, 3.63) is 97.2 Å². The van der Waals surface area contributed by atoms with E-state index in [2.05, 4.69) is 106 Å². The molecule has 0 aliphatic rings. The second-order valence-corrected chi connectivity index (χ2v) is 19.2. The van der Waals surface area contributed by atoms with Gasteiger partial charge < -0.3 is 14.2 Å². The molecule has 0 aliphatic carbocycles. The standard InChI is InChI=1S/C64H108O6/c1-4-7-10-13-16-19-22-24-25-26-27-28-29-30-31-32-33-34-35-36-37-38-39-41-42-45-48-51-54-57-63(66)69-60-61(59-68-62(65)56-53-50-47-44-21-18-15-12-9-6-3)70-64(67)58-55-52-49-46-43-40-23-20-17-14-11-8-5-2/h8,11-12,15,17,20,22,24,26-27,29-30,40,43,49,52,61H,4-7,9-10,13-14,16,18-19,21,23,25,28,31-39,41-42,44-48,50-51,53-60H2,1-3H3/b11-8-,15-12-,20-17-,24-22-,27-26-,30-29-,43-40-,52-49-. The van der Waals surface area contributed by atoms with Crippen molar-refractivity contribution < 1.29 is 28.6 Å². The van der Waals surface area contributed by atoms with Gasteiger partial charge in [-0.05, 0) is 103 Å². The molecule has 0 aromatic carbocycles. The van der Waals surface area contributed by atoms with Gasteiger partial charge in [-0.3, -0.25) is 14.4 Å². The summed E-state index contributed by atoms with van der Waals surface area (Å²) in [7, 11) is 0. The van der Waals surface area contributed by atoms with Gasteiger partial charge in [0.15, 0.2) is 6.10 Å². The van der Waals surface area contributed by atoms with Crippen LogP contribution in [0.3, 0.4) is 0 Å². The van der Waals surface area contributed by atoms with Crippen molar-refractivity contribution in [3.8, 4) is 0 Å². The number of hydrogen-bond acceptors (Lipinski definition) is 6. The molecule has 0 heterocycles. The molecule has 0 spiro atoms. The fraction of sp³-hybridized carbons (Fsp3) is 0.703. The molecule has 0 saturated carbocycles. The van der Waals surface area contributed by atoms with Gasteiger partial charge in [0.1, 0.15) is 13.2 Å². The molecule has 0 N–H and O–H groups in total. The highest BCUT2D eigenvalue weighted by Crippen LogP contribution is 2.15. The maximum absolute atomic E-state index is 12.8. The van der Waals surface area contributed by atoms with E-state index in [9.17, 15) is 14.4 Å². The van der Waals surface area contributed by atoms with Crippen molar-refractivity contribution in [2.24, 2.45) is 0 Å². The van der Waals surface area contributed by atoms with E-state index in [4.69, 9.17) is 14.2 Å². The van der Waals surface area contributed by atoms with Crippen LogP contribution >= 0.6 is 0 Å². The smallest absolute Gasteiger partial charge is 0.306 e. The zero-order valence-electron chi connectivity index (χ0n) is 45.8. The first-order valence-electron chi connectivity index (χ1n) is 29.2. The largest absolute Gasteiger partial charge is 0.462 e. The van der Waals surface area contributed by atoms with Crippen LogP contribution in [0.1, 0.15) is 271 Å². The van der Waals surface area contributed by atoms with Gasteiger partial charge in [-0.1, -0.05) is 246 Å². The lowest BCUT2D eigenvalue weighted by Crippen LogP contribution is -2.30. The molecule has 6 nitrogen and oxygen atoms in total. The highest BCUT2D eigenvalue weighted by atomic mass is 16.6. The minimum atomic E-state index is -0.818. The van der Waals surface area contributed by atoms with E-state index in [0.29, 0.717) is 19.3 Å². The fourth-order valence-corrected chi connectivity index (χ4v) is 7.94. The van der Waals surface area contributed by atoms with Crippen molar-refractivity contribution in [1.29, 1.82) is 0 Å². The molecule has 1 atom stereocenters. The van der Waals surface area contributed by atoms with E-state index in [-0.39, 0.29) is 31.6 Å². The number of esters is 3. The van der Waals surface area contributed by atoms with E-state index < -0.39 is 12.1 Å². The van der Waals surface area contributed by atoms with Crippen LogP contribution in [0.4, 0.5) is 0 Å². The summed E-state index contributed by atoms with van der Waals surface area (Å²) < 4.78 is 16.7. The fourth-order valence-electron chi connectivity index (χ4n) is 7.94. The summed E-state index contributed by atoms with van der Waals surface area (Å²) in [6.07, 6.45) is 77.3. The third kappa shape index (κ3) is 55.3. The Kier molecular flexibility index (Phi) is 54.9. The lowest BCUT2D eigenvalue weighted by atomic mass is 10.0. The molecule has 0 rings (SSSR count). The van der Waals surface area contributed by atoms with Crippen LogP contribution in [0.2, 0.25) is 0 Å². The number of carbonyl (C=O) groups is 3. The second-order valence-electron chi connectivity index (χ2n) is 19.2. The summed E-state index contributed by atoms with van der Waals surface area (Å²) in [4.78, 5) is 38.0. The van der Waals surface area contributed by atoms with Gasteiger partial charge in [-0.25, -0.2) is 0 Å². The monoisotopic (exact) mass is 973 g/mol. The van der Waals surface area contributed by atoms with Crippen molar-refractivity contribution >= 4 is 17.9 Å². The summed E-state index contributed by atoms with van der Waals surface area (Å²) in [5, 5.41) is 0. The minimum absolute atomic E-state index is 0.109. The molecule has 0 bridgehead atoms. The van der Waals surface area contributed by atoms with E-state index in [0.717, 1.165) is 96.3 Å². The molecular formula is C64H108O6. The molecule has 6 heteroatoms. The summed E-state index contributed by atoms with van der Waals surface area (Å²) in [6.45, 7) is 6.38. The maximum atomic E-state index is 12.8. The Morgan fingerprint density at radius 3 is 1.00 bits per heavy atom. The molecular weight excluding hydrogens is 865 g/mol. The molecule has 400 valence electrons. The van der Waals surface area contributed by atoms with Crippen LogP contribution < -0.4 is 0 Å². The Bertz CT molecular complexity index is 1400. The predicted molar refractivity (Wildman–Crippen MR) is 302 cm³/mol. The van der Waals surface area contributed by atoms with Gasteiger partial charge >= 0.3 is 17.9 Å². The molecule has 0 aromatic rings. The van der Waals surface area contributed by atoms with Crippen LogP contribution in [0, 0.1) is 0 Å². The van der Waals surface area contributed by atoms with Gasteiger partial charge in [-0.15, -0.1) is 0 Å². The van der Waals surface area contributed by atoms with Crippen molar-refractivity contribution in [3.63, 3.8) is 0 Å². The Balaban J connectivity index is 4.19. The lowest BCUT2D eigenvalue weighted by Gasteiger charge is -2.18. The summed E-state index contributed by atoms with van der Waals surface area (Å²) >= 11 is 0. The third-order valence-corrected chi connectivity index (χ3v) is 12.3. The SMILES string of the molecule is CC/C=C\C/C=C\C/C=C\C/C=C\CCC(=O)OC(COC(=O)CCCCCCC/C=C\CCC)COC(=O)CCCCCCCCCCCCCCCC/C=C\C/C=C\C/C=C\CCCCCCC. The van der Waals surface area contributed by atoms with Crippen molar-refractivity contribution in [2.45, 2.75) is 277 Å².